The van der Waals surface area contributed by atoms with Crippen LogP contribution < -0.4 is 14.8 Å². The predicted molar refractivity (Wildman–Crippen MR) is 96.2 cm³/mol. The Morgan fingerprint density at radius 1 is 1.20 bits per heavy atom. The molecule has 0 saturated heterocycles. The zero-order chi connectivity index (χ0) is 17.6. The maximum Gasteiger partial charge on any atom is 0.251 e. The van der Waals surface area contributed by atoms with Crippen molar-refractivity contribution in [3.63, 3.8) is 0 Å². The van der Waals surface area contributed by atoms with Crippen LogP contribution >= 0.6 is 0 Å². The molecule has 0 radical (unpaired) electrons. The minimum Gasteiger partial charge on any atom is -0.493 e. The SMILES string of the molecule is CCOc1ccc(C(=O)NCCn2cnc3ccccc32)cc1OC. The third-order valence-corrected chi connectivity index (χ3v) is 3.89. The van der Waals surface area contributed by atoms with Crippen LogP contribution in [0.1, 0.15) is 17.3 Å². The molecule has 1 heterocycles. The van der Waals surface area contributed by atoms with E-state index in [9.17, 15) is 4.79 Å². The van der Waals surface area contributed by atoms with Crippen molar-refractivity contribution < 1.29 is 14.3 Å². The van der Waals surface area contributed by atoms with Crippen LogP contribution in [0.3, 0.4) is 0 Å². The van der Waals surface area contributed by atoms with E-state index in [1.165, 1.54) is 0 Å². The van der Waals surface area contributed by atoms with E-state index in [1.807, 2.05) is 35.8 Å². The summed E-state index contributed by atoms with van der Waals surface area (Å²) in [6, 6.07) is 13.1. The first kappa shape index (κ1) is 16.8. The first-order valence-corrected chi connectivity index (χ1v) is 8.22. The number of methoxy groups -OCH3 is 1. The molecule has 130 valence electrons. The standard InChI is InChI=1S/C19H21N3O3/c1-3-25-17-9-8-14(12-18(17)24-2)19(23)20-10-11-22-13-21-15-6-4-5-7-16(15)22/h4-9,12-13H,3,10-11H2,1-2H3,(H,20,23). The molecule has 3 rings (SSSR count). The predicted octanol–water partition coefficient (Wildman–Crippen LogP) is 2.87. The molecule has 25 heavy (non-hydrogen) atoms. The zero-order valence-electron chi connectivity index (χ0n) is 14.4. The van der Waals surface area contributed by atoms with Gasteiger partial charge in [-0.15, -0.1) is 0 Å². The highest BCUT2D eigenvalue weighted by atomic mass is 16.5. The lowest BCUT2D eigenvalue weighted by molar-refractivity contribution is 0.0952. The third kappa shape index (κ3) is 3.74. The van der Waals surface area contributed by atoms with Gasteiger partial charge in [0.2, 0.25) is 0 Å². The van der Waals surface area contributed by atoms with Crippen LogP contribution in [0.15, 0.2) is 48.8 Å². The molecule has 0 aliphatic carbocycles. The smallest absolute Gasteiger partial charge is 0.251 e. The van der Waals surface area contributed by atoms with E-state index in [4.69, 9.17) is 9.47 Å². The Labute approximate surface area is 146 Å². The number of benzene rings is 2. The van der Waals surface area contributed by atoms with Gasteiger partial charge in [0.25, 0.3) is 5.91 Å². The van der Waals surface area contributed by atoms with E-state index in [2.05, 4.69) is 10.3 Å². The molecule has 2 aromatic carbocycles. The van der Waals surface area contributed by atoms with Crippen LogP contribution in [-0.2, 0) is 6.54 Å². The van der Waals surface area contributed by atoms with Crippen LogP contribution in [0.25, 0.3) is 11.0 Å². The summed E-state index contributed by atoms with van der Waals surface area (Å²) in [6.07, 6.45) is 1.79. The summed E-state index contributed by atoms with van der Waals surface area (Å²) in [5.74, 6) is 1.03. The molecule has 0 aliphatic heterocycles. The second-order valence-electron chi connectivity index (χ2n) is 5.48. The van der Waals surface area contributed by atoms with Crippen LogP contribution in [0.4, 0.5) is 0 Å². The van der Waals surface area contributed by atoms with Gasteiger partial charge in [0.1, 0.15) is 0 Å². The number of amides is 1. The van der Waals surface area contributed by atoms with E-state index >= 15 is 0 Å². The Bertz CT molecular complexity index is 873. The molecular weight excluding hydrogens is 318 g/mol. The molecule has 0 spiro atoms. The largest absolute Gasteiger partial charge is 0.493 e. The summed E-state index contributed by atoms with van der Waals surface area (Å²) >= 11 is 0. The molecule has 0 fully saturated rings. The van der Waals surface area contributed by atoms with E-state index in [0.717, 1.165) is 11.0 Å². The molecule has 0 bridgehead atoms. The van der Waals surface area contributed by atoms with Gasteiger partial charge < -0.3 is 19.4 Å². The van der Waals surface area contributed by atoms with Crippen LogP contribution in [0.5, 0.6) is 11.5 Å². The van der Waals surface area contributed by atoms with E-state index < -0.39 is 0 Å². The summed E-state index contributed by atoms with van der Waals surface area (Å²) < 4.78 is 12.8. The molecule has 1 aromatic heterocycles. The number of ether oxygens (including phenoxy) is 2. The van der Waals surface area contributed by atoms with Crippen molar-refractivity contribution in [1.82, 2.24) is 14.9 Å². The highest BCUT2D eigenvalue weighted by Gasteiger charge is 2.11. The van der Waals surface area contributed by atoms with Gasteiger partial charge in [-0.2, -0.15) is 0 Å². The molecule has 3 aromatic rings. The summed E-state index contributed by atoms with van der Waals surface area (Å²) in [5, 5.41) is 2.92. The second-order valence-corrected chi connectivity index (χ2v) is 5.48. The Balaban J connectivity index is 1.62. The maximum absolute atomic E-state index is 12.3. The van der Waals surface area contributed by atoms with Gasteiger partial charge in [-0.05, 0) is 37.3 Å². The molecular formula is C19H21N3O3. The lowest BCUT2D eigenvalue weighted by Gasteiger charge is -2.11. The number of aromatic nitrogens is 2. The lowest BCUT2D eigenvalue weighted by Crippen LogP contribution is -2.27. The summed E-state index contributed by atoms with van der Waals surface area (Å²) in [4.78, 5) is 16.7. The average Bonchev–Trinajstić information content (AvgIpc) is 3.05. The Kier molecular flexibility index (Phi) is 5.18. The molecule has 6 nitrogen and oxygen atoms in total. The fourth-order valence-electron chi connectivity index (χ4n) is 2.66. The van der Waals surface area contributed by atoms with Crippen molar-refractivity contribution in [1.29, 1.82) is 0 Å². The van der Waals surface area contributed by atoms with Crippen LogP contribution in [0.2, 0.25) is 0 Å². The van der Waals surface area contributed by atoms with Gasteiger partial charge in [-0.25, -0.2) is 4.98 Å². The van der Waals surface area contributed by atoms with Gasteiger partial charge in [0, 0.05) is 18.7 Å². The number of carbonyl (C=O) groups is 1. The van der Waals surface area contributed by atoms with Crippen LogP contribution in [-0.4, -0.2) is 35.7 Å². The second kappa shape index (κ2) is 7.70. The van der Waals surface area contributed by atoms with Crippen molar-refractivity contribution in [3.05, 3.63) is 54.4 Å². The number of hydrogen-bond acceptors (Lipinski definition) is 4. The number of carbonyl (C=O) groups excluding carboxylic acids is 1. The molecule has 0 unspecified atom stereocenters. The number of nitrogens with one attached hydrogen (secondary N) is 1. The number of hydrogen-bond donors (Lipinski definition) is 1. The number of imidazole rings is 1. The van der Waals surface area contributed by atoms with Crippen molar-refractivity contribution in [2.75, 3.05) is 20.3 Å². The molecule has 0 atom stereocenters. The monoisotopic (exact) mass is 339 g/mol. The molecule has 1 N–H and O–H groups in total. The number of fused-ring (bicyclic) bond motifs is 1. The zero-order valence-corrected chi connectivity index (χ0v) is 14.4. The van der Waals surface area contributed by atoms with E-state index in [0.29, 0.717) is 36.8 Å². The van der Waals surface area contributed by atoms with Crippen molar-refractivity contribution in [3.8, 4) is 11.5 Å². The number of para-hydroxylation sites is 2. The summed E-state index contributed by atoms with van der Waals surface area (Å²) in [6.45, 7) is 3.61. The molecule has 1 amide bonds. The van der Waals surface area contributed by atoms with Gasteiger partial charge in [-0.1, -0.05) is 12.1 Å². The highest BCUT2D eigenvalue weighted by molar-refractivity contribution is 5.94. The quantitative estimate of drug-likeness (QED) is 0.719. The summed E-state index contributed by atoms with van der Waals surface area (Å²) in [7, 11) is 1.56. The first-order chi connectivity index (χ1) is 12.2. The van der Waals surface area contributed by atoms with Crippen LogP contribution in [0, 0.1) is 0 Å². The Hall–Kier alpha value is -3.02. The van der Waals surface area contributed by atoms with Gasteiger partial charge >= 0.3 is 0 Å². The topological polar surface area (TPSA) is 65.4 Å². The number of rotatable bonds is 7. The van der Waals surface area contributed by atoms with Crippen molar-refractivity contribution >= 4 is 16.9 Å². The minimum atomic E-state index is -0.147. The fourth-order valence-corrected chi connectivity index (χ4v) is 2.66. The van der Waals surface area contributed by atoms with E-state index in [-0.39, 0.29) is 5.91 Å². The molecule has 0 saturated carbocycles. The third-order valence-electron chi connectivity index (χ3n) is 3.89. The lowest BCUT2D eigenvalue weighted by atomic mass is 10.2. The van der Waals surface area contributed by atoms with Gasteiger partial charge in [0.05, 0.1) is 31.1 Å². The number of nitrogens with zero attached hydrogens (tertiary/aromatic N) is 2. The fraction of sp³-hybridized carbons (Fsp3) is 0.263. The van der Waals surface area contributed by atoms with E-state index in [1.54, 1.807) is 31.6 Å². The Morgan fingerprint density at radius 3 is 2.84 bits per heavy atom. The van der Waals surface area contributed by atoms with Crippen molar-refractivity contribution in [2.24, 2.45) is 0 Å². The van der Waals surface area contributed by atoms with Gasteiger partial charge in [0.15, 0.2) is 11.5 Å². The minimum absolute atomic E-state index is 0.147. The Morgan fingerprint density at radius 2 is 2.04 bits per heavy atom. The molecule has 0 aliphatic rings. The maximum atomic E-state index is 12.3. The highest BCUT2D eigenvalue weighted by Crippen LogP contribution is 2.27. The molecule has 6 heteroatoms. The van der Waals surface area contributed by atoms with Crippen molar-refractivity contribution in [2.45, 2.75) is 13.5 Å². The normalized spacial score (nSPS) is 10.6. The van der Waals surface area contributed by atoms with Gasteiger partial charge in [-0.3, -0.25) is 4.79 Å². The summed E-state index contributed by atoms with van der Waals surface area (Å²) in [5.41, 5.74) is 2.54. The first-order valence-electron chi connectivity index (χ1n) is 8.22. The average molecular weight is 339 g/mol.